The molecule has 1 aliphatic heterocycles. The van der Waals surface area contributed by atoms with Gasteiger partial charge in [0.15, 0.2) is 0 Å². The van der Waals surface area contributed by atoms with E-state index in [9.17, 15) is 14.7 Å². The Kier molecular flexibility index (Phi) is 5.02. The number of carboxylic acids is 1. The van der Waals surface area contributed by atoms with Gasteiger partial charge in [-0.3, -0.25) is 14.5 Å². The summed E-state index contributed by atoms with van der Waals surface area (Å²) in [4.78, 5) is 28.1. The van der Waals surface area contributed by atoms with E-state index in [4.69, 9.17) is 0 Å². The van der Waals surface area contributed by atoms with Gasteiger partial charge in [-0.2, -0.15) is 0 Å². The van der Waals surface area contributed by atoms with Crippen LogP contribution in [-0.4, -0.2) is 59.0 Å². The minimum atomic E-state index is -0.802. The van der Waals surface area contributed by atoms with Crippen molar-refractivity contribution in [2.75, 3.05) is 26.2 Å². The molecule has 5 nitrogen and oxygen atoms in total. The number of rotatable bonds is 3. The van der Waals surface area contributed by atoms with Crippen LogP contribution in [0.3, 0.4) is 0 Å². The van der Waals surface area contributed by atoms with Gasteiger partial charge in [-0.05, 0) is 26.7 Å². The maximum absolute atomic E-state index is 12.6. The monoisotopic (exact) mass is 282 g/mol. The lowest BCUT2D eigenvalue weighted by Crippen LogP contribution is -2.53. The Hall–Kier alpha value is -1.10. The zero-order valence-corrected chi connectivity index (χ0v) is 12.5. The molecule has 114 valence electrons. The molecule has 1 saturated heterocycles. The molecule has 1 amide bonds. The quantitative estimate of drug-likeness (QED) is 0.850. The Morgan fingerprint density at radius 3 is 2.05 bits per heavy atom. The van der Waals surface area contributed by atoms with E-state index in [1.165, 1.54) is 0 Å². The summed E-state index contributed by atoms with van der Waals surface area (Å²) >= 11 is 0. The standard InChI is InChI=1S/C15H26N2O3/c1-11(2)16-7-9-17(10-8-16)14(18)12-5-3-4-6-13(12)15(19)20/h11-13H,3-10H2,1-2H3,(H,19,20). The largest absolute Gasteiger partial charge is 0.481 e. The smallest absolute Gasteiger partial charge is 0.307 e. The van der Waals surface area contributed by atoms with Gasteiger partial charge in [0.05, 0.1) is 11.8 Å². The first-order chi connectivity index (χ1) is 9.50. The lowest BCUT2D eigenvalue weighted by molar-refractivity contribution is -0.153. The second-order valence-corrected chi connectivity index (χ2v) is 6.29. The third-order valence-corrected chi connectivity index (χ3v) is 4.76. The molecule has 2 unspecified atom stereocenters. The normalized spacial score (nSPS) is 28.6. The first-order valence-electron chi connectivity index (χ1n) is 7.76. The maximum atomic E-state index is 12.6. The predicted octanol–water partition coefficient (Wildman–Crippen LogP) is 1.43. The molecule has 1 heterocycles. The van der Waals surface area contributed by atoms with Gasteiger partial charge in [-0.1, -0.05) is 12.8 Å². The molecule has 2 fully saturated rings. The summed E-state index contributed by atoms with van der Waals surface area (Å²) in [7, 11) is 0. The fourth-order valence-corrected chi connectivity index (χ4v) is 3.42. The number of carbonyl (C=O) groups excluding carboxylic acids is 1. The third kappa shape index (κ3) is 3.32. The summed E-state index contributed by atoms with van der Waals surface area (Å²) < 4.78 is 0. The fraction of sp³-hybridized carbons (Fsp3) is 0.867. The highest BCUT2D eigenvalue weighted by Gasteiger charge is 2.38. The van der Waals surface area contributed by atoms with Crippen LogP contribution < -0.4 is 0 Å². The number of nitrogens with zero attached hydrogens (tertiary/aromatic N) is 2. The van der Waals surface area contributed by atoms with Gasteiger partial charge < -0.3 is 10.0 Å². The van der Waals surface area contributed by atoms with Crippen molar-refractivity contribution in [2.24, 2.45) is 11.8 Å². The Morgan fingerprint density at radius 1 is 1.00 bits per heavy atom. The van der Waals surface area contributed by atoms with Gasteiger partial charge in [0.25, 0.3) is 0 Å². The first kappa shape index (κ1) is 15.3. The first-order valence-corrected chi connectivity index (χ1v) is 7.76. The molecule has 0 aromatic heterocycles. The van der Waals surface area contributed by atoms with Crippen molar-refractivity contribution >= 4 is 11.9 Å². The average molecular weight is 282 g/mol. The van der Waals surface area contributed by atoms with Crippen LogP contribution in [0.1, 0.15) is 39.5 Å². The summed E-state index contributed by atoms with van der Waals surface area (Å²) in [5, 5.41) is 9.29. The van der Waals surface area contributed by atoms with Gasteiger partial charge in [0.1, 0.15) is 0 Å². The van der Waals surface area contributed by atoms with Crippen molar-refractivity contribution in [1.29, 1.82) is 0 Å². The molecule has 0 radical (unpaired) electrons. The molecule has 0 aromatic rings. The summed E-state index contributed by atoms with van der Waals surface area (Å²) in [6, 6.07) is 0.508. The number of hydrogen-bond acceptors (Lipinski definition) is 3. The van der Waals surface area contributed by atoms with E-state index in [0.717, 1.165) is 45.4 Å². The molecule has 2 atom stereocenters. The highest BCUT2D eigenvalue weighted by Crippen LogP contribution is 2.32. The second-order valence-electron chi connectivity index (χ2n) is 6.29. The van der Waals surface area contributed by atoms with Crippen LogP contribution in [0.25, 0.3) is 0 Å². The Morgan fingerprint density at radius 2 is 1.55 bits per heavy atom. The fourth-order valence-electron chi connectivity index (χ4n) is 3.42. The molecular formula is C15H26N2O3. The van der Waals surface area contributed by atoms with Crippen molar-refractivity contribution in [3.8, 4) is 0 Å². The summed E-state index contributed by atoms with van der Waals surface area (Å²) in [5.41, 5.74) is 0. The van der Waals surface area contributed by atoms with E-state index < -0.39 is 11.9 Å². The Labute approximate surface area is 120 Å². The highest BCUT2D eigenvalue weighted by atomic mass is 16.4. The molecule has 2 rings (SSSR count). The number of amides is 1. The van der Waals surface area contributed by atoms with Crippen molar-refractivity contribution in [3.05, 3.63) is 0 Å². The zero-order chi connectivity index (χ0) is 14.7. The van der Waals surface area contributed by atoms with Crippen molar-refractivity contribution in [3.63, 3.8) is 0 Å². The van der Waals surface area contributed by atoms with Crippen molar-refractivity contribution < 1.29 is 14.7 Å². The van der Waals surface area contributed by atoms with Gasteiger partial charge in [0, 0.05) is 32.2 Å². The zero-order valence-electron chi connectivity index (χ0n) is 12.5. The van der Waals surface area contributed by atoms with Gasteiger partial charge in [-0.25, -0.2) is 0 Å². The van der Waals surface area contributed by atoms with E-state index in [-0.39, 0.29) is 11.8 Å². The maximum Gasteiger partial charge on any atom is 0.307 e. The van der Waals surface area contributed by atoms with Crippen molar-refractivity contribution in [1.82, 2.24) is 9.80 Å². The van der Waals surface area contributed by atoms with Crippen LogP contribution >= 0.6 is 0 Å². The summed E-state index contributed by atoms with van der Waals surface area (Å²) in [6.45, 7) is 7.60. The van der Waals surface area contributed by atoms with Crippen LogP contribution in [-0.2, 0) is 9.59 Å². The van der Waals surface area contributed by atoms with E-state index in [1.54, 1.807) is 0 Å². The highest BCUT2D eigenvalue weighted by molar-refractivity contribution is 5.85. The molecule has 0 aromatic carbocycles. The molecule has 0 bridgehead atoms. The third-order valence-electron chi connectivity index (χ3n) is 4.76. The predicted molar refractivity (Wildman–Crippen MR) is 76.4 cm³/mol. The molecule has 5 heteroatoms. The SMILES string of the molecule is CC(C)N1CCN(C(=O)C2CCCCC2C(=O)O)CC1. The molecule has 1 aliphatic carbocycles. The summed E-state index contributed by atoms with van der Waals surface area (Å²) in [5.74, 6) is -1.50. The summed E-state index contributed by atoms with van der Waals surface area (Å²) in [6.07, 6.45) is 3.30. The van der Waals surface area contributed by atoms with Gasteiger partial charge in [0.2, 0.25) is 5.91 Å². The molecule has 20 heavy (non-hydrogen) atoms. The molecule has 0 spiro atoms. The number of carbonyl (C=O) groups is 2. The van der Waals surface area contributed by atoms with Crippen molar-refractivity contribution in [2.45, 2.75) is 45.6 Å². The Balaban J connectivity index is 1.95. The molecule has 1 saturated carbocycles. The molecule has 2 aliphatic rings. The Bertz CT molecular complexity index is 362. The van der Waals surface area contributed by atoms with Crippen LogP contribution in [0, 0.1) is 11.8 Å². The lowest BCUT2D eigenvalue weighted by atomic mass is 9.78. The van der Waals surface area contributed by atoms with Crippen LogP contribution in [0.15, 0.2) is 0 Å². The number of piperazine rings is 1. The van der Waals surface area contributed by atoms with Crippen LogP contribution in [0.5, 0.6) is 0 Å². The van der Waals surface area contributed by atoms with Crippen LogP contribution in [0.2, 0.25) is 0 Å². The average Bonchev–Trinajstić information content (AvgIpc) is 2.46. The number of aliphatic carboxylic acids is 1. The lowest BCUT2D eigenvalue weighted by Gasteiger charge is -2.39. The van der Waals surface area contributed by atoms with Crippen LogP contribution in [0.4, 0.5) is 0 Å². The number of carboxylic acid groups (broad SMARTS) is 1. The number of hydrogen-bond donors (Lipinski definition) is 1. The van der Waals surface area contributed by atoms with Gasteiger partial charge >= 0.3 is 5.97 Å². The topological polar surface area (TPSA) is 60.9 Å². The van der Waals surface area contributed by atoms with E-state index in [1.807, 2.05) is 4.90 Å². The second kappa shape index (κ2) is 6.57. The van der Waals surface area contributed by atoms with E-state index >= 15 is 0 Å². The van der Waals surface area contributed by atoms with E-state index in [0.29, 0.717) is 12.5 Å². The minimum Gasteiger partial charge on any atom is -0.481 e. The van der Waals surface area contributed by atoms with E-state index in [2.05, 4.69) is 18.7 Å². The molecule has 1 N–H and O–H groups in total. The molecular weight excluding hydrogens is 256 g/mol. The van der Waals surface area contributed by atoms with Gasteiger partial charge in [-0.15, -0.1) is 0 Å². The minimum absolute atomic E-state index is 0.0699.